The average Bonchev–Trinajstić information content (AvgIpc) is 3.53. The average molecular weight is 629 g/mol. The van der Waals surface area contributed by atoms with Crippen LogP contribution in [-0.2, 0) is 0 Å². The number of alkyl halides is 3. The zero-order valence-electron chi connectivity index (χ0n) is 24.2. The number of aromatic hydroxyl groups is 1. The Balaban J connectivity index is 1.27. The number of benzene rings is 3. The lowest BCUT2D eigenvalue weighted by Crippen LogP contribution is -2.49. The quantitative estimate of drug-likeness (QED) is 0.240. The molecule has 4 atom stereocenters. The van der Waals surface area contributed by atoms with Crippen molar-refractivity contribution < 1.29 is 36.2 Å². The standard InChI is InChI=1S/C33H30F6N4O2/c34-20-12-32(8-1-9-43(32)15-20)16-45-31-40-29-23(30(41-31)42-13-18-3-4-19(14-42)33(18,38)39)6-5-22(27(29)36)24-11-21(44)10-17-2-7-25(35)28(37)26(17)24/h2,5-7,10-11,18-20,44H,1,3-4,8-9,12-16H2/t18-,19+,20-,32+/m1/s1. The molecule has 12 heteroatoms. The van der Waals surface area contributed by atoms with Crippen LogP contribution in [0, 0.1) is 29.3 Å². The summed E-state index contributed by atoms with van der Waals surface area (Å²) in [5.74, 6) is -7.81. The second-order valence-electron chi connectivity index (χ2n) is 13.0. The molecule has 4 aliphatic rings. The van der Waals surface area contributed by atoms with E-state index < -0.39 is 46.9 Å². The van der Waals surface area contributed by atoms with Crippen LogP contribution in [0.5, 0.6) is 11.8 Å². The van der Waals surface area contributed by atoms with Gasteiger partial charge in [0.1, 0.15) is 29.9 Å². The first-order valence-electron chi connectivity index (χ1n) is 15.3. The van der Waals surface area contributed by atoms with E-state index in [0.29, 0.717) is 25.8 Å². The van der Waals surface area contributed by atoms with Crippen molar-refractivity contribution >= 4 is 27.5 Å². The molecule has 3 aromatic carbocycles. The van der Waals surface area contributed by atoms with Crippen molar-refractivity contribution in [1.29, 1.82) is 0 Å². The van der Waals surface area contributed by atoms with Crippen molar-refractivity contribution in [2.75, 3.05) is 37.7 Å². The fourth-order valence-corrected chi connectivity index (χ4v) is 8.21. The minimum atomic E-state index is -2.80. The number of aromatic nitrogens is 2. The van der Waals surface area contributed by atoms with Gasteiger partial charge in [-0.25, -0.2) is 26.3 Å². The van der Waals surface area contributed by atoms with Crippen LogP contribution in [0.2, 0.25) is 0 Å². The normalized spacial score (nSPS) is 27.5. The summed E-state index contributed by atoms with van der Waals surface area (Å²) in [6.07, 6.45) is 1.66. The molecule has 6 nitrogen and oxygen atoms in total. The van der Waals surface area contributed by atoms with Crippen LogP contribution in [0.25, 0.3) is 32.8 Å². The Morgan fingerprint density at radius 2 is 1.71 bits per heavy atom. The molecule has 3 aliphatic heterocycles. The van der Waals surface area contributed by atoms with Gasteiger partial charge in [0.15, 0.2) is 17.5 Å². The van der Waals surface area contributed by atoms with Gasteiger partial charge < -0.3 is 14.7 Å². The molecular formula is C33H30F6N4O2. The Hall–Kier alpha value is -3.80. The van der Waals surface area contributed by atoms with Gasteiger partial charge >= 0.3 is 6.01 Å². The minimum Gasteiger partial charge on any atom is -0.508 e. The third-order valence-electron chi connectivity index (χ3n) is 10.4. The molecule has 4 heterocycles. The summed E-state index contributed by atoms with van der Waals surface area (Å²) in [5.41, 5.74) is -0.960. The van der Waals surface area contributed by atoms with E-state index in [4.69, 9.17) is 4.74 Å². The highest BCUT2D eigenvalue weighted by Gasteiger charge is 2.56. The van der Waals surface area contributed by atoms with Crippen LogP contribution in [0.15, 0.2) is 36.4 Å². The highest BCUT2D eigenvalue weighted by atomic mass is 19.3. The first-order valence-corrected chi connectivity index (χ1v) is 15.3. The van der Waals surface area contributed by atoms with E-state index in [0.717, 1.165) is 31.5 Å². The molecule has 236 valence electrons. The number of nitrogens with zero attached hydrogens (tertiary/aromatic N) is 4. The van der Waals surface area contributed by atoms with E-state index in [-0.39, 0.29) is 70.1 Å². The predicted octanol–water partition coefficient (Wildman–Crippen LogP) is 7.01. The zero-order chi connectivity index (χ0) is 31.2. The first kappa shape index (κ1) is 28.7. The number of rotatable bonds is 5. The summed E-state index contributed by atoms with van der Waals surface area (Å²) >= 11 is 0. The highest BCUT2D eigenvalue weighted by molar-refractivity contribution is 6.01. The Bertz CT molecular complexity index is 1840. The SMILES string of the molecule is Oc1cc(-c2ccc3c(N4C[C@H]5CC[C@@H](C4)C5(F)F)nc(OC[C@@]45CCCN4C[C@H](F)C5)nc3c2F)c2c(F)c(F)ccc2c1. The lowest BCUT2D eigenvalue weighted by molar-refractivity contribution is -0.0830. The summed E-state index contributed by atoms with van der Waals surface area (Å²) in [5, 5.41) is 10.6. The summed E-state index contributed by atoms with van der Waals surface area (Å²) in [7, 11) is 0. The largest absolute Gasteiger partial charge is 0.508 e. The number of hydrogen-bond acceptors (Lipinski definition) is 6. The number of hydrogen-bond donors (Lipinski definition) is 1. The minimum absolute atomic E-state index is 0.0152. The summed E-state index contributed by atoms with van der Waals surface area (Å²) in [6.45, 7) is 1.16. The van der Waals surface area contributed by atoms with E-state index >= 15 is 8.78 Å². The molecule has 4 aromatic rings. The third kappa shape index (κ3) is 4.42. The van der Waals surface area contributed by atoms with Gasteiger partial charge in [0.05, 0.1) is 5.54 Å². The van der Waals surface area contributed by atoms with E-state index in [1.807, 2.05) is 0 Å². The Kier molecular flexibility index (Phi) is 6.43. The molecule has 8 rings (SSSR count). The van der Waals surface area contributed by atoms with Crippen LogP contribution < -0.4 is 9.64 Å². The molecule has 0 amide bonds. The molecule has 4 fully saturated rings. The lowest BCUT2D eigenvalue weighted by Gasteiger charge is -2.38. The van der Waals surface area contributed by atoms with Gasteiger partial charge in [-0.3, -0.25) is 4.90 Å². The van der Waals surface area contributed by atoms with Crippen molar-refractivity contribution in [3.63, 3.8) is 0 Å². The zero-order valence-corrected chi connectivity index (χ0v) is 24.2. The molecule has 1 aliphatic carbocycles. The molecule has 2 bridgehead atoms. The van der Waals surface area contributed by atoms with Crippen molar-refractivity contribution in [1.82, 2.24) is 14.9 Å². The van der Waals surface area contributed by atoms with Gasteiger partial charge in [0.2, 0.25) is 0 Å². The van der Waals surface area contributed by atoms with Crippen LogP contribution in [0.4, 0.5) is 32.2 Å². The number of phenolic OH excluding ortho intramolecular Hbond substituents is 1. The highest BCUT2D eigenvalue weighted by Crippen LogP contribution is 2.50. The monoisotopic (exact) mass is 628 g/mol. The van der Waals surface area contributed by atoms with Gasteiger partial charge in [-0.2, -0.15) is 9.97 Å². The number of anilines is 1. The van der Waals surface area contributed by atoms with E-state index in [1.165, 1.54) is 24.3 Å². The maximum Gasteiger partial charge on any atom is 0.319 e. The summed E-state index contributed by atoms with van der Waals surface area (Å²) in [4.78, 5) is 12.8. The number of halogens is 6. The second-order valence-corrected chi connectivity index (χ2v) is 13.0. The van der Waals surface area contributed by atoms with Gasteiger partial charge in [0.25, 0.3) is 5.92 Å². The molecule has 0 spiro atoms. The molecule has 0 unspecified atom stereocenters. The number of piperidine rings is 1. The smallest absolute Gasteiger partial charge is 0.319 e. The maximum atomic E-state index is 16.6. The van der Waals surface area contributed by atoms with Crippen LogP contribution in [-0.4, -0.2) is 70.4 Å². The van der Waals surface area contributed by atoms with Crippen molar-refractivity contribution in [2.45, 2.75) is 49.7 Å². The van der Waals surface area contributed by atoms with E-state index in [9.17, 15) is 22.7 Å². The van der Waals surface area contributed by atoms with Crippen molar-refractivity contribution in [3.05, 3.63) is 53.8 Å². The predicted molar refractivity (Wildman–Crippen MR) is 156 cm³/mol. The third-order valence-corrected chi connectivity index (χ3v) is 10.4. The molecule has 45 heavy (non-hydrogen) atoms. The Labute approximate surface area is 254 Å². The number of fused-ring (bicyclic) bond motifs is 5. The van der Waals surface area contributed by atoms with Crippen LogP contribution in [0.3, 0.4) is 0 Å². The Morgan fingerprint density at radius 3 is 2.49 bits per heavy atom. The molecule has 3 saturated heterocycles. The van der Waals surface area contributed by atoms with E-state index in [1.54, 1.807) is 4.90 Å². The molecule has 1 saturated carbocycles. The van der Waals surface area contributed by atoms with Gasteiger partial charge in [-0.15, -0.1) is 0 Å². The number of ether oxygens (including phenoxy) is 1. The van der Waals surface area contributed by atoms with Gasteiger partial charge in [0, 0.05) is 54.2 Å². The van der Waals surface area contributed by atoms with Crippen LogP contribution >= 0.6 is 0 Å². The van der Waals surface area contributed by atoms with Crippen molar-refractivity contribution in [3.8, 4) is 22.9 Å². The summed E-state index contributed by atoms with van der Waals surface area (Å²) in [6, 6.07) is 7.34. The second kappa shape index (κ2) is 10.1. The van der Waals surface area contributed by atoms with E-state index in [2.05, 4.69) is 14.9 Å². The van der Waals surface area contributed by atoms with Gasteiger partial charge in [-0.05, 0) is 67.4 Å². The fourth-order valence-electron chi connectivity index (χ4n) is 8.21. The molecular weight excluding hydrogens is 598 g/mol. The molecule has 0 radical (unpaired) electrons. The maximum absolute atomic E-state index is 16.6. The van der Waals surface area contributed by atoms with Crippen molar-refractivity contribution in [2.24, 2.45) is 11.8 Å². The Morgan fingerprint density at radius 1 is 0.933 bits per heavy atom. The van der Waals surface area contributed by atoms with Gasteiger partial charge in [-0.1, -0.05) is 12.1 Å². The topological polar surface area (TPSA) is 61.7 Å². The van der Waals surface area contributed by atoms with Crippen LogP contribution in [0.1, 0.15) is 32.1 Å². The number of phenols is 1. The summed E-state index contributed by atoms with van der Waals surface area (Å²) < 4.78 is 96.2. The molecule has 1 aromatic heterocycles. The lowest BCUT2D eigenvalue weighted by atomic mass is 9.93. The molecule has 1 N–H and O–H groups in total. The first-order chi connectivity index (χ1) is 21.5. The fraction of sp³-hybridized carbons (Fsp3) is 0.455.